The van der Waals surface area contributed by atoms with Crippen LogP contribution < -0.4 is 0 Å². The van der Waals surface area contributed by atoms with Gasteiger partial charge < -0.3 is 5.11 Å². The molecule has 4 aliphatic carbocycles. The van der Waals surface area contributed by atoms with E-state index < -0.39 is 0 Å². The van der Waals surface area contributed by atoms with Crippen molar-refractivity contribution in [3.05, 3.63) is 0 Å². The van der Waals surface area contributed by atoms with Gasteiger partial charge in [0.25, 0.3) is 0 Å². The van der Waals surface area contributed by atoms with E-state index in [2.05, 4.69) is 34.6 Å². The lowest BCUT2D eigenvalue weighted by Gasteiger charge is -2.71. The third kappa shape index (κ3) is 1.77. The zero-order valence-electron chi connectivity index (χ0n) is 15.6. The maximum atomic E-state index is 13.3. The van der Waals surface area contributed by atoms with Crippen molar-refractivity contribution in [3.63, 3.8) is 0 Å². The summed E-state index contributed by atoms with van der Waals surface area (Å²) in [4.78, 5) is 13.3. The lowest BCUT2D eigenvalue weighted by atomic mass is 9.35. The van der Waals surface area contributed by atoms with Gasteiger partial charge in [0.1, 0.15) is 5.78 Å². The molecule has 0 radical (unpaired) electrons. The minimum atomic E-state index is -0.330. The van der Waals surface area contributed by atoms with Crippen LogP contribution >= 0.6 is 0 Å². The van der Waals surface area contributed by atoms with E-state index in [1.165, 1.54) is 12.8 Å². The van der Waals surface area contributed by atoms with Crippen molar-refractivity contribution in [1.29, 1.82) is 0 Å². The van der Waals surface area contributed by atoms with Crippen LogP contribution in [0, 0.1) is 39.9 Å². The number of fused-ring (bicyclic) bond motifs is 1. The first-order chi connectivity index (χ1) is 10.6. The number of hydrogen-bond acceptors (Lipinski definition) is 2. The summed E-state index contributed by atoms with van der Waals surface area (Å²) in [6.45, 7) is 11.1. The van der Waals surface area contributed by atoms with E-state index in [9.17, 15) is 9.90 Å². The molecule has 0 aromatic heterocycles. The van der Waals surface area contributed by atoms with Gasteiger partial charge in [0.05, 0.1) is 5.60 Å². The molecule has 1 N–H and O–H groups in total. The highest BCUT2D eigenvalue weighted by Crippen LogP contribution is 2.86. The molecule has 4 aliphatic rings. The predicted molar refractivity (Wildman–Crippen MR) is 91.9 cm³/mol. The van der Waals surface area contributed by atoms with Crippen molar-refractivity contribution >= 4 is 5.78 Å². The zero-order chi connectivity index (χ0) is 16.8. The average molecular weight is 319 g/mol. The number of rotatable bonds is 6. The predicted octanol–water partition coefficient (Wildman–Crippen LogP) is 4.60. The van der Waals surface area contributed by atoms with E-state index in [0.29, 0.717) is 17.6 Å². The first-order valence-electron chi connectivity index (χ1n) is 9.83. The molecule has 0 amide bonds. The van der Waals surface area contributed by atoms with Crippen LogP contribution in [0.3, 0.4) is 0 Å². The normalized spacial score (nSPS) is 48.9. The fourth-order valence-electron chi connectivity index (χ4n) is 7.60. The Hall–Kier alpha value is -0.370. The van der Waals surface area contributed by atoms with Crippen molar-refractivity contribution in [2.75, 3.05) is 0 Å². The smallest absolute Gasteiger partial charge is 0.139 e. The first kappa shape index (κ1) is 16.1. The highest BCUT2D eigenvalue weighted by molar-refractivity contribution is 5.85. The van der Waals surface area contributed by atoms with E-state index in [-0.39, 0.29) is 21.8 Å². The van der Waals surface area contributed by atoms with E-state index in [1.54, 1.807) is 0 Å². The summed E-state index contributed by atoms with van der Waals surface area (Å²) < 4.78 is 0. The molecule has 0 aromatic carbocycles. The Morgan fingerprint density at radius 2 is 1.70 bits per heavy atom. The molecular formula is C21H34O2. The molecule has 23 heavy (non-hydrogen) atoms. The third-order valence-corrected chi connectivity index (χ3v) is 8.80. The molecule has 0 aliphatic heterocycles. The lowest BCUT2D eigenvalue weighted by molar-refractivity contribution is -0.305. The topological polar surface area (TPSA) is 37.3 Å². The average Bonchev–Trinajstić information content (AvgIpc) is 2.86. The maximum absolute atomic E-state index is 13.3. The molecule has 2 nitrogen and oxygen atoms in total. The Kier molecular flexibility index (Phi) is 3.10. The van der Waals surface area contributed by atoms with Crippen LogP contribution in [-0.2, 0) is 4.79 Å². The van der Waals surface area contributed by atoms with Crippen LogP contribution in [0.4, 0.5) is 0 Å². The van der Waals surface area contributed by atoms with E-state index in [0.717, 1.165) is 43.9 Å². The van der Waals surface area contributed by atoms with Gasteiger partial charge in [-0.05, 0) is 67.6 Å². The number of Topliss-reactive ketones (excluding diaryl/α,β-unsaturated/α-hetero) is 1. The summed E-state index contributed by atoms with van der Waals surface area (Å²) >= 11 is 0. The maximum Gasteiger partial charge on any atom is 0.139 e. The van der Waals surface area contributed by atoms with Gasteiger partial charge in [0.2, 0.25) is 0 Å². The second kappa shape index (κ2) is 4.42. The molecule has 4 saturated carbocycles. The zero-order valence-corrected chi connectivity index (χ0v) is 15.6. The lowest BCUT2D eigenvalue weighted by Crippen LogP contribution is -2.73. The summed E-state index contributed by atoms with van der Waals surface area (Å²) in [6, 6.07) is 0. The SMILES string of the molecule is CC(C)CC(C)(C(=O)CC12CC3CC4(O)C[C@@H](C1)C34C2)C(C)C. The van der Waals surface area contributed by atoms with Crippen LogP contribution in [0.1, 0.15) is 79.6 Å². The van der Waals surface area contributed by atoms with Crippen molar-refractivity contribution in [2.45, 2.75) is 85.2 Å². The van der Waals surface area contributed by atoms with Gasteiger partial charge in [-0.1, -0.05) is 34.6 Å². The minimum Gasteiger partial charge on any atom is -0.389 e. The largest absolute Gasteiger partial charge is 0.389 e. The van der Waals surface area contributed by atoms with Gasteiger partial charge in [-0.25, -0.2) is 0 Å². The third-order valence-electron chi connectivity index (χ3n) is 8.80. The first-order valence-corrected chi connectivity index (χ1v) is 9.83. The fourth-order valence-corrected chi connectivity index (χ4v) is 7.60. The second-order valence-electron chi connectivity index (χ2n) is 10.7. The Bertz CT molecular complexity index is 530. The number of carbonyl (C=O) groups excluding carboxylic acids is 1. The van der Waals surface area contributed by atoms with Crippen molar-refractivity contribution in [2.24, 2.45) is 39.9 Å². The number of hydrogen-bond donors (Lipinski definition) is 1. The molecule has 2 heteroatoms. The summed E-state index contributed by atoms with van der Waals surface area (Å²) in [5.74, 6) is 2.92. The van der Waals surface area contributed by atoms with Crippen LogP contribution in [0.25, 0.3) is 0 Å². The van der Waals surface area contributed by atoms with Gasteiger partial charge in [0.15, 0.2) is 0 Å². The molecule has 1 spiro atoms. The van der Waals surface area contributed by atoms with Crippen molar-refractivity contribution in [1.82, 2.24) is 0 Å². The van der Waals surface area contributed by atoms with Gasteiger partial charge in [-0.2, -0.15) is 0 Å². The van der Waals surface area contributed by atoms with Crippen LogP contribution in [0.2, 0.25) is 0 Å². The second-order valence-corrected chi connectivity index (χ2v) is 10.7. The Morgan fingerprint density at radius 1 is 1.13 bits per heavy atom. The molecule has 4 rings (SSSR count). The Balaban J connectivity index is 1.54. The van der Waals surface area contributed by atoms with E-state index in [4.69, 9.17) is 0 Å². The summed E-state index contributed by atoms with van der Waals surface area (Å²) in [6.07, 6.45) is 7.40. The quantitative estimate of drug-likeness (QED) is 0.777. The highest BCUT2D eigenvalue weighted by Gasteiger charge is 2.84. The number of ketones is 1. The van der Waals surface area contributed by atoms with Crippen LogP contribution in [0.5, 0.6) is 0 Å². The fraction of sp³-hybridized carbons (Fsp3) is 0.952. The molecule has 0 heterocycles. The van der Waals surface area contributed by atoms with E-state index >= 15 is 0 Å². The minimum absolute atomic E-state index is 0.180. The van der Waals surface area contributed by atoms with Gasteiger partial charge >= 0.3 is 0 Å². The molecule has 130 valence electrons. The van der Waals surface area contributed by atoms with Gasteiger partial charge in [-0.15, -0.1) is 0 Å². The monoisotopic (exact) mass is 318 g/mol. The molecule has 0 saturated heterocycles. The molecule has 2 bridgehead atoms. The molecular weight excluding hydrogens is 284 g/mol. The van der Waals surface area contributed by atoms with Crippen LogP contribution in [-0.4, -0.2) is 16.5 Å². The van der Waals surface area contributed by atoms with Gasteiger partial charge in [0, 0.05) is 17.3 Å². The standard InChI is InChI=1S/C21H34O2/c1-13(2)6-18(5,14(3)4)17(22)11-19-7-15-9-20(23)10-16(8-19)21(15,20)12-19/h13-16,23H,6-12H2,1-5H3/t15-,16?,18?,19?,20?,21?/m1/s1. The highest BCUT2D eigenvalue weighted by atomic mass is 16.3. The summed E-state index contributed by atoms with van der Waals surface area (Å²) in [5.41, 5.74) is -0.0246. The van der Waals surface area contributed by atoms with Crippen molar-refractivity contribution < 1.29 is 9.90 Å². The Labute approximate surface area is 141 Å². The molecule has 6 atom stereocenters. The number of aliphatic hydroxyl groups is 1. The Morgan fingerprint density at radius 3 is 2.09 bits per heavy atom. The van der Waals surface area contributed by atoms with E-state index in [1.807, 2.05) is 0 Å². The summed E-state index contributed by atoms with van der Waals surface area (Å²) in [7, 11) is 0. The molecule has 4 fully saturated rings. The van der Waals surface area contributed by atoms with Gasteiger partial charge in [-0.3, -0.25) is 4.79 Å². The van der Waals surface area contributed by atoms with Crippen LogP contribution in [0.15, 0.2) is 0 Å². The summed E-state index contributed by atoms with van der Waals surface area (Å²) in [5, 5.41) is 10.8. The molecule has 5 unspecified atom stereocenters. The number of carbonyl (C=O) groups is 1. The molecule has 0 aromatic rings. The van der Waals surface area contributed by atoms with Crippen molar-refractivity contribution in [3.8, 4) is 0 Å².